The number of rotatable bonds is 6. The number of para-hydroxylation sites is 2. The van der Waals surface area contributed by atoms with E-state index in [-0.39, 0.29) is 0 Å². The van der Waals surface area contributed by atoms with Crippen molar-refractivity contribution in [2.45, 2.75) is 33.8 Å². The highest BCUT2D eigenvalue weighted by Gasteiger charge is 2.11. The Morgan fingerprint density at radius 3 is 2.37 bits per heavy atom. The van der Waals surface area contributed by atoms with Gasteiger partial charge < -0.3 is 14.0 Å². The second-order valence-electron chi connectivity index (χ2n) is 4.39. The lowest BCUT2D eigenvalue weighted by Gasteiger charge is -2.11. The minimum absolute atomic E-state index is 0.438. The number of aromatic nitrogens is 1. The zero-order chi connectivity index (χ0) is 13.7. The minimum Gasteiger partial charge on any atom is -0.490 e. The molecule has 0 saturated carbocycles. The highest BCUT2D eigenvalue weighted by Crippen LogP contribution is 2.28. The van der Waals surface area contributed by atoms with Gasteiger partial charge in [-0.15, -0.1) is 0 Å². The van der Waals surface area contributed by atoms with E-state index in [4.69, 9.17) is 14.0 Å². The Bertz CT molecular complexity index is 514. The normalized spacial score (nSPS) is 10.5. The molecule has 1 heterocycles. The average Bonchev–Trinajstić information content (AvgIpc) is 2.74. The van der Waals surface area contributed by atoms with Crippen molar-refractivity contribution in [3.8, 4) is 11.5 Å². The van der Waals surface area contributed by atoms with Gasteiger partial charge in [-0.2, -0.15) is 0 Å². The summed E-state index contributed by atoms with van der Waals surface area (Å²) >= 11 is 0. The zero-order valence-corrected chi connectivity index (χ0v) is 11.6. The van der Waals surface area contributed by atoms with Gasteiger partial charge in [0.1, 0.15) is 12.4 Å². The smallest absolute Gasteiger partial charge is 0.161 e. The Hall–Kier alpha value is -1.97. The number of hydrogen-bond donors (Lipinski definition) is 0. The van der Waals surface area contributed by atoms with Crippen molar-refractivity contribution in [1.82, 2.24) is 5.16 Å². The molecular weight excluding hydrogens is 242 g/mol. The van der Waals surface area contributed by atoms with Gasteiger partial charge in [0.2, 0.25) is 0 Å². The van der Waals surface area contributed by atoms with Gasteiger partial charge in [0.25, 0.3) is 0 Å². The number of hydrogen-bond acceptors (Lipinski definition) is 4. The molecule has 0 aliphatic rings. The highest BCUT2D eigenvalue weighted by atomic mass is 16.5. The van der Waals surface area contributed by atoms with Crippen molar-refractivity contribution in [2.24, 2.45) is 0 Å². The molecule has 0 amide bonds. The molecule has 4 heteroatoms. The summed E-state index contributed by atoms with van der Waals surface area (Å²) in [5.41, 5.74) is 1.86. The molecule has 0 radical (unpaired) electrons. The Morgan fingerprint density at radius 2 is 1.79 bits per heavy atom. The molecular formula is C15H19NO3. The van der Waals surface area contributed by atoms with Gasteiger partial charge in [-0.25, -0.2) is 0 Å². The number of aryl methyl sites for hydroxylation is 2. The molecule has 0 fully saturated rings. The maximum absolute atomic E-state index is 5.82. The van der Waals surface area contributed by atoms with Crippen molar-refractivity contribution < 1.29 is 14.0 Å². The molecule has 2 rings (SSSR count). The lowest BCUT2D eigenvalue weighted by atomic mass is 10.2. The molecule has 1 aromatic carbocycles. The van der Waals surface area contributed by atoms with Crippen LogP contribution in [0.1, 0.15) is 30.4 Å². The predicted molar refractivity (Wildman–Crippen MR) is 72.5 cm³/mol. The van der Waals surface area contributed by atoms with Gasteiger partial charge in [0.15, 0.2) is 11.5 Å². The maximum atomic E-state index is 5.82. The van der Waals surface area contributed by atoms with Crippen LogP contribution in [0.5, 0.6) is 11.5 Å². The standard InChI is InChI=1S/C15H19NO3/c1-4-9-17-14-7-5-6-8-15(14)18-10-13-11(2)16-19-12(13)3/h5-8H,4,9-10H2,1-3H3. The fraction of sp³-hybridized carbons (Fsp3) is 0.400. The van der Waals surface area contributed by atoms with Crippen LogP contribution in [0.25, 0.3) is 0 Å². The Labute approximate surface area is 113 Å². The molecule has 0 N–H and O–H groups in total. The third-order valence-electron chi connectivity index (χ3n) is 2.86. The molecule has 0 aliphatic carbocycles. The average molecular weight is 261 g/mol. The van der Waals surface area contributed by atoms with Crippen LogP contribution in [0.2, 0.25) is 0 Å². The summed E-state index contributed by atoms with van der Waals surface area (Å²) in [6, 6.07) is 7.69. The molecule has 2 aromatic rings. The molecule has 0 atom stereocenters. The topological polar surface area (TPSA) is 44.5 Å². The van der Waals surface area contributed by atoms with Gasteiger partial charge >= 0.3 is 0 Å². The summed E-state index contributed by atoms with van der Waals surface area (Å²) in [5, 5.41) is 3.91. The number of ether oxygens (including phenoxy) is 2. The highest BCUT2D eigenvalue weighted by molar-refractivity contribution is 5.39. The third-order valence-corrected chi connectivity index (χ3v) is 2.86. The van der Waals surface area contributed by atoms with Crippen molar-refractivity contribution in [1.29, 1.82) is 0 Å². The molecule has 0 unspecified atom stereocenters. The van der Waals surface area contributed by atoms with Gasteiger partial charge in [0, 0.05) is 0 Å². The van der Waals surface area contributed by atoms with E-state index in [2.05, 4.69) is 12.1 Å². The molecule has 19 heavy (non-hydrogen) atoms. The number of nitrogens with zero attached hydrogens (tertiary/aromatic N) is 1. The zero-order valence-electron chi connectivity index (χ0n) is 11.6. The monoisotopic (exact) mass is 261 g/mol. The molecule has 1 aromatic heterocycles. The van der Waals surface area contributed by atoms with Crippen molar-refractivity contribution in [2.75, 3.05) is 6.61 Å². The summed E-state index contributed by atoms with van der Waals surface area (Å²) in [7, 11) is 0. The van der Waals surface area contributed by atoms with E-state index in [0.717, 1.165) is 34.9 Å². The van der Waals surface area contributed by atoms with E-state index in [1.807, 2.05) is 38.1 Å². The van der Waals surface area contributed by atoms with E-state index >= 15 is 0 Å². The van der Waals surface area contributed by atoms with Gasteiger partial charge in [0.05, 0.1) is 17.9 Å². The Balaban J connectivity index is 2.07. The lowest BCUT2D eigenvalue weighted by molar-refractivity contribution is 0.260. The van der Waals surface area contributed by atoms with E-state index in [1.165, 1.54) is 0 Å². The summed E-state index contributed by atoms with van der Waals surface area (Å²) < 4.78 is 16.6. The lowest BCUT2D eigenvalue weighted by Crippen LogP contribution is -2.01. The largest absolute Gasteiger partial charge is 0.490 e. The van der Waals surface area contributed by atoms with E-state index in [9.17, 15) is 0 Å². The first-order valence-electron chi connectivity index (χ1n) is 6.48. The Morgan fingerprint density at radius 1 is 1.11 bits per heavy atom. The summed E-state index contributed by atoms with van der Waals surface area (Å²) in [5.74, 6) is 2.32. The van der Waals surface area contributed by atoms with Gasteiger partial charge in [-0.05, 0) is 32.4 Å². The van der Waals surface area contributed by atoms with E-state index in [1.54, 1.807) is 0 Å². The fourth-order valence-electron chi connectivity index (χ4n) is 1.76. The van der Waals surface area contributed by atoms with E-state index in [0.29, 0.717) is 13.2 Å². The van der Waals surface area contributed by atoms with Crippen LogP contribution in [-0.4, -0.2) is 11.8 Å². The van der Waals surface area contributed by atoms with Crippen LogP contribution in [0.15, 0.2) is 28.8 Å². The molecule has 0 saturated heterocycles. The van der Waals surface area contributed by atoms with Crippen LogP contribution in [-0.2, 0) is 6.61 Å². The predicted octanol–water partition coefficient (Wildman–Crippen LogP) is 3.66. The first kappa shape index (κ1) is 13.5. The number of benzene rings is 1. The molecule has 102 valence electrons. The van der Waals surface area contributed by atoms with Gasteiger partial charge in [-0.3, -0.25) is 0 Å². The van der Waals surface area contributed by atoms with Crippen molar-refractivity contribution in [3.63, 3.8) is 0 Å². The van der Waals surface area contributed by atoms with Crippen molar-refractivity contribution >= 4 is 0 Å². The first-order valence-corrected chi connectivity index (χ1v) is 6.48. The molecule has 0 spiro atoms. The summed E-state index contributed by atoms with van der Waals surface area (Å²) in [4.78, 5) is 0. The Kier molecular flexibility index (Phi) is 4.44. The maximum Gasteiger partial charge on any atom is 0.161 e. The van der Waals surface area contributed by atoms with Crippen LogP contribution in [0.3, 0.4) is 0 Å². The van der Waals surface area contributed by atoms with Gasteiger partial charge in [-0.1, -0.05) is 24.2 Å². The second kappa shape index (κ2) is 6.27. The van der Waals surface area contributed by atoms with Crippen LogP contribution in [0.4, 0.5) is 0 Å². The third kappa shape index (κ3) is 3.28. The molecule has 4 nitrogen and oxygen atoms in total. The minimum atomic E-state index is 0.438. The van der Waals surface area contributed by atoms with Crippen molar-refractivity contribution in [3.05, 3.63) is 41.3 Å². The van der Waals surface area contributed by atoms with Crippen LogP contribution >= 0.6 is 0 Å². The SMILES string of the molecule is CCCOc1ccccc1OCc1c(C)noc1C. The molecule has 0 aliphatic heterocycles. The van der Waals surface area contributed by atoms with Crippen LogP contribution in [0, 0.1) is 13.8 Å². The first-order chi connectivity index (χ1) is 9.22. The fourth-order valence-corrected chi connectivity index (χ4v) is 1.76. The molecule has 0 bridgehead atoms. The second-order valence-corrected chi connectivity index (χ2v) is 4.39. The van der Waals surface area contributed by atoms with E-state index < -0.39 is 0 Å². The van der Waals surface area contributed by atoms with Crippen LogP contribution < -0.4 is 9.47 Å². The summed E-state index contributed by atoms with van der Waals surface area (Å²) in [6.45, 7) is 7.00. The quantitative estimate of drug-likeness (QED) is 0.796. The summed E-state index contributed by atoms with van der Waals surface area (Å²) in [6.07, 6.45) is 0.970.